The predicted molar refractivity (Wildman–Crippen MR) is 173 cm³/mol. The van der Waals surface area contributed by atoms with Gasteiger partial charge in [-0.1, -0.05) is 25.1 Å². The molecule has 5 amide bonds. The lowest BCUT2D eigenvalue weighted by molar-refractivity contribution is -0.122. The minimum atomic E-state index is -0.890. The maximum Gasteiger partial charge on any atom is 0.335 e. The zero-order valence-electron chi connectivity index (χ0n) is 24.7. The Hall–Kier alpha value is -4.59. The molecule has 0 atom stereocenters. The zero-order valence-corrected chi connectivity index (χ0v) is 26.9. The molecule has 1 fully saturated rings. The van der Waals surface area contributed by atoms with E-state index in [1.165, 1.54) is 25.3 Å². The van der Waals surface area contributed by atoms with Crippen LogP contribution in [0.25, 0.3) is 6.08 Å². The number of carbonyl (C=O) groups excluding carboxylic acids is 4. The number of urea groups is 1. The number of aryl methyl sites for hydroxylation is 1. The lowest BCUT2D eigenvalue weighted by Crippen LogP contribution is -2.54. The van der Waals surface area contributed by atoms with Crippen molar-refractivity contribution in [2.24, 2.45) is 0 Å². The molecule has 1 aliphatic rings. The maximum absolute atomic E-state index is 13.5. The van der Waals surface area contributed by atoms with E-state index in [2.05, 4.69) is 10.6 Å². The quantitative estimate of drug-likeness (QED) is 0.143. The number of nitrogens with one attached hydrogen (secondary N) is 2. The highest BCUT2D eigenvalue weighted by Gasteiger charge is 2.37. The lowest BCUT2D eigenvalue weighted by Gasteiger charge is -2.27. The molecule has 0 radical (unpaired) electrons. The molecule has 4 rings (SSSR count). The molecule has 0 saturated carbocycles. The van der Waals surface area contributed by atoms with E-state index in [-0.39, 0.29) is 23.8 Å². The number of methoxy groups -OCH3 is 1. The van der Waals surface area contributed by atoms with Gasteiger partial charge in [0.2, 0.25) is 0 Å². The normalized spacial score (nSPS) is 13.9. The lowest BCUT2D eigenvalue weighted by atomic mass is 10.1. The first kappa shape index (κ1) is 32.3. The third kappa shape index (κ3) is 7.48. The molecule has 12 heteroatoms. The van der Waals surface area contributed by atoms with Crippen LogP contribution in [0.3, 0.4) is 0 Å². The molecule has 2 N–H and O–H groups in total. The number of benzene rings is 3. The van der Waals surface area contributed by atoms with Crippen molar-refractivity contribution in [1.29, 1.82) is 0 Å². The van der Waals surface area contributed by atoms with E-state index in [1.807, 2.05) is 54.6 Å². The number of hydrogen-bond acceptors (Lipinski definition) is 8. The largest absolute Gasteiger partial charge is 0.493 e. The van der Waals surface area contributed by atoms with Gasteiger partial charge in [-0.2, -0.15) is 0 Å². The Kier molecular flexibility index (Phi) is 10.8. The van der Waals surface area contributed by atoms with Gasteiger partial charge < -0.3 is 24.3 Å². The van der Waals surface area contributed by atoms with Crippen LogP contribution in [0.2, 0.25) is 0 Å². The number of barbiturate groups is 1. The first-order valence-electron chi connectivity index (χ1n) is 13.8. The molecule has 0 aliphatic carbocycles. The molecule has 1 heterocycles. The van der Waals surface area contributed by atoms with Gasteiger partial charge in [0.25, 0.3) is 17.7 Å². The van der Waals surface area contributed by atoms with Gasteiger partial charge in [-0.15, -0.1) is 0 Å². The molecule has 0 spiro atoms. The summed E-state index contributed by atoms with van der Waals surface area (Å²) < 4.78 is 23.2. The molecule has 11 nitrogen and oxygen atoms in total. The minimum Gasteiger partial charge on any atom is -0.493 e. The van der Waals surface area contributed by atoms with Gasteiger partial charge in [0, 0.05) is 11.8 Å². The van der Waals surface area contributed by atoms with Crippen molar-refractivity contribution < 1.29 is 38.1 Å². The Bertz CT molecular complexity index is 1620. The van der Waals surface area contributed by atoms with Gasteiger partial charge >= 0.3 is 6.03 Å². The van der Waals surface area contributed by atoms with Gasteiger partial charge in [0.15, 0.2) is 29.6 Å². The van der Waals surface area contributed by atoms with Crippen LogP contribution >= 0.6 is 22.6 Å². The van der Waals surface area contributed by atoms with E-state index in [0.717, 1.165) is 16.9 Å². The summed E-state index contributed by atoms with van der Waals surface area (Å²) in [6.07, 6.45) is 2.15. The molecule has 1 aliphatic heterocycles. The molecule has 0 unspecified atom stereocenters. The molecule has 3 aromatic rings. The number of anilines is 2. The van der Waals surface area contributed by atoms with Gasteiger partial charge in [-0.05, 0) is 90.4 Å². The van der Waals surface area contributed by atoms with E-state index in [9.17, 15) is 19.2 Å². The second-order valence-corrected chi connectivity index (χ2v) is 10.7. The zero-order chi connectivity index (χ0) is 31.8. The van der Waals surface area contributed by atoms with Crippen molar-refractivity contribution in [3.8, 4) is 23.0 Å². The Labute approximate surface area is 268 Å². The second-order valence-electron chi connectivity index (χ2n) is 9.56. The number of amides is 5. The fraction of sp³-hybridized carbons (Fsp3) is 0.250. The van der Waals surface area contributed by atoms with Crippen molar-refractivity contribution in [3.05, 3.63) is 74.9 Å². The summed E-state index contributed by atoms with van der Waals surface area (Å²) in [5, 5.41) is 5.04. The van der Waals surface area contributed by atoms with Crippen LogP contribution in [0.5, 0.6) is 23.0 Å². The summed E-state index contributed by atoms with van der Waals surface area (Å²) in [6.45, 7) is 6.14. The van der Waals surface area contributed by atoms with Crippen molar-refractivity contribution in [2.45, 2.75) is 27.2 Å². The molecule has 0 bridgehead atoms. The van der Waals surface area contributed by atoms with E-state index < -0.39 is 17.8 Å². The Morgan fingerprint density at radius 3 is 2.45 bits per heavy atom. The van der Waals surface area contributed by atoms with Crippen molar-refractivity contribution in [1.82, 2.24) is 5.32 Å². The number of para-hydroxylation sites is 1. The van der Waals surface area contributed by atoms with Crippen LogP contribution < -0.4 is 34.5 Å². The van der Waals surface area contributed by atoms with Crippen molar-refractivity contribution in [3.63, 3.8) is 0 Å². The summed E-state index contributed by atoms with van der Waals surface area (Å²) >= 11 is 2.03. The second kappa shape index (κ2) is 14.7. The van der Waals surface area contributed by atoms with Crippen LogP contribution in [0.15, 0.2) is 60.2 Å². The van der Waals surface area contributed by atoms with Crippen LogP contribution in [0.4, 0.5) is 16.2 Å². The first-order chi connectivity index (χ1) is 21.2. The van der Waals surface area contributed by atoms with Gasteiger partial charge in [0.05, 0.1) is 29.6 Å². The van der Waals surface area contributed by atoms with Gasteiger partial charge in [-0.25, -0.2) is 9.69 Å². The van der Waals surface area contributed by atoms with E-state index >= 15 is 0 Å². The van der Waals surface area contributed by atoms with E-state index in [0.29, 0.717) is 51.0 Å². The summed E-state index contributed by atoms with van der Waals surface area (Å²) in [4.78, 5) is 52.5. The monoisotopic (exact) mass is 713 g/mol. The topological polar surface area (TPSA) is 132 Å². The fourth-order valence-electron chi connectivity index (χ4n) is 4.30. The van der Waals surface area contributed by atoms with Crippen LogP contribution in [-0.4, -0.2) is 50.7 Å². The Morgan fingerprint density at radius 1 is 0.977 bits per heavy atom. The number of imide groups is 2. The molecule has 1 saturated heterocycles. The predicted octanol–water partition coefficient (Wildman–Crippen LogP) is 5.48. The van der Waals surface area contributed by atoms with Crippen molar-refractivity contribution in [2.75, 3.05) is 37.1 Å². The SMILES string of the molecule is CCCOc1ccc(N2C(=O)NC(=O)/C(=C/c3cc(I)c(OCC(=O)Nc4ccccc4C)c(OCC)c3)C2=O)cc1OC. The highest BCUT2D eigenvalue weighted by molar-refractivity contribution is 14.1. The van der Waals surface area contributed by atoms with E-state index in [4.69, 9.17) is 18.9 Å². The number of nitrogens with zero attached hydrogens (tertiary/aromatic N) is 1. The van der Waals surface area contributed by atoms with Crippen LogP contribution in [0, 0.1) is 10.5 Å². The molecule has 44 heavy (non-hydrogen) atoms. The molecular weight excluding hydrogens is 681 g/mol. The van der Waals surface area contributed by atoms with Gasteiger partial charge in [0.1, 0.15) is 5.57 Å². The molecule has 0 aromatic heterocycles. The highest BCUT2D eigenvalue weighted by Crippen LogP contribution is 2.36. The molecule has 3 aromatic carbocycles. The number of ether oxygens (including phenoxy) is 4. The third-order valence-electron chi connectivity index (χ3n) is 6.38. The minimum absolute atomic E-state index is 0.198. The summed E-state index contributed by atoms with van der Waals surface area (Å²) in [5.41, 5.74) is 1.98. The maximum atomic E-state index is 13.5. The summed E-state index contributed by atoms with van der Waals surface area (Å²) in [5.74, 6) is -0.556. The Balaban J connectivity index is 1.59. The average Bonchev–Trinajstić information content (AvgIpc) is 2.99. The number of carbonyl (C=O) groups is 4. The Morgan fingerprint density at radius 2 is 1.75 bits per heavy atom. The summed E-state index contributed by atoms with van der Waals surface area (Å²) in [6, 6.07) is 14.4. The fourth-order valence-corrected chi connectivity index (χ4v) is 5.08. The van der Waals surface area contributed by atoms with Crippen molar-refractivity contribution >= 4 is 63.8 Å². The average molecular weight is 714 g/mol. The molecule has 230 valence electrons. The third-order valence-corrected chi connectivity index (χ3v) is 7.18. The van der Waals surface area contributed by atoms with Crippen LogP contribution in [0.1, 0.15) is 31.4 Å². The number of hydrogen-bond donors (Lipinski definition) is 2. The summed E-state index contributed by atoms with van der Waals surface area (Å²) in [7, 11) is 1.45. The van der Waals surface area contributed by atoms with Crippen LogP contribution in [-0.2, 0) is 14.4 Å². The molecular formula is C32H32IN3O8. The smallest absolute Gasteiger partial charge is 0.335 e. The van der Waals surface area contributed by atoms with Gasteiger partial charge in [-0.3, -0.25) is 19.7 Å². The van der Waals surface area contributed by atoms with E-state index in [1.54, 1.807) is 31.2 Å². The number of halogens is 1. The first-order valence-corrected chi connectivity index (χ1v) is 14.9. The number of rotatable bonds is 12. The highest BCUT2D eigenvalue weighted by atomic mass is 127. The standard InChI is InChI=1S/C32H32IN3O8/c1-5-13-43-25-12-11-21(17-26(25)41-4)36-31(39)22(30(38)35-32(36)40)14-20-15-23(33)29(27(16-20)42-6-2)44-18-28(37)34-24-10-8-7-9-19(24)3/h7-12,14-17H,5-6,13,18H2,1-4H3,(H,34,37)(H,35,38,40)/b22-14-.